The van der Waals surface area contributed by atoms with Crippen LogP contribution in [-0.2, 0) is 6.54 Å². The molecule has 98 valence electrons. The summed E-state index contributed by atoms with van der Waals surface area (Å²) < 4.78 is 1.80. The molecular formula is C14H16N4O. The van der Waals surface area contributed by atoms with Crippen LogP contribution in [0.15, 0.2) is 42.7 Å². The first-order valence-corrected chi connectivity index (χ1v) is 6.44. The van der Waals surface area contributed by atoms with Crippen molar-refractivity contribution in [1.82, 2.24) is 20.4 Å². The van der Waals surface area contributed by atoms with Crippen LogP contribution in [0.25, 0.3) is 5.69 Å². The number of aromatic nitrogens is 2. The fourth-order valence-electron chi connectivity index (χ4n) is 1.83. The van der Waals surface area contributed by atoms with Crippen molar-refractivity contribution in [2.75, 3.05) is 0 Å². The maximum absolute atomic E-state index is 11.5. The van der Waals surface area contributed by atoms with Gasteiger partial charge < -0.3 is 10.6 Å². The van der Waals surface area contributed by atoms with Crippen molar-refractivity contribution in [1.29, 1.82) is 0 Å². The second-order valence-corrected chi connectivity index (χ2v) is 4.72. The van der Waals surface area contributed by atoms with Gasteiger partial charge in [-0.05, 0) is 36.6 Å². The van der Waals surface area contributed by atoms with Crippen LogP contribution in [0.1, 0.15) is 18.4 Å². The molecule has 2 amide bonds. The van der Waals surface area contributed by atoms with Crippen LogP contribution in [0.2, 0.25) is 0 Å². The molecule has 1 aromatic carbocycles. The van der Waals surface area contributed by atoms with Gasteiger partial charge in [0, 0.05) is 25.0 Å². The van der Waals surface area contributed by atoms with Crippen molar-refractivity contribution >= 4 is 6.03 Å². The summed E-state index contributed by atoms with van der Waals surface area (Å²) in [6.45, 7) is 0.540. The Balaban J connectivity index is 1.55. The monoisotopic (exact) mass is 256 g/mol. The lowest BCUT2D eigenvalue weighted by atomic mass is 10.2. The molecule has 1 heterocycles. The van der Waals surface area contributed by atoms with E-state index in [1.807, 2.05) is 36.5 Å². The van der Waals surface area contributed by atoms with E-state index < -0.39 is 0 Å². The second-order valence-electron chi connectivity index (χ2n) is 4.72. The van der Waals surface area contributed by atoms with E-state index in [9.17, 15) is 4.79 Å². The summed E-state index contributed by atoms with van der Waals surface area (Å²) >= 11 is 0. The largest absolute Gasteiger partial charge is 0.335 e. The Labute approximate surface area is 111 Å². The molecule has 0 spiro atoms. The average Bonchev–Trinajstić information content (AvgIpc) is 3.07. The van der Waals surface area contributed by atoms with Crippen LogP contribution in [0, 0.1) is 0 Å². The Bertz CT molecular complexity index is 543. The lowest BCUT2D eigenvalue weighted by Crippen LogP contribution is -2.36. The zero-order valence-corrected chi connectivity index (χ0v) is 10.5. The van der Waals surface area contributed by atoms with E-state index in [4.69, 9.17) is 0 Å². The fourth-order valence-corrected chi connectivity index (χ4v) is 1.83. The second kappa shape index (κ2) is 5.14. The minimum Gasteiger partial charge on any atom is -0.335 e. The van der Waals surface area contributed by atoms with Crippen LogP contribution < -0.4 is 10.6 Å². The Morgan fingerprint density at radius 2 is 2.11 bits per heavy atom. The van der Waals surface area contributed by atoms with Gasteiger partial charge in [-0.2, -0.15) is 5.10 Å². The van der Waals surface area contributed by atoms with Gasteiger partial charge in [-0.25, -0.2) is 9.48 Å². The zero-order valence-electron chi connectivity index (χ0n) is 10.5. The standard InChI is InChI=1S/C14H16N4O/c19-14(17-12-4-5-12)15-10-11-2-6-13(7-3-11)18-9-1-8-16-18/h1-3,6-9,12H,4-5,10H2,(H2,15,17,19). The van der Waals surface area contributed by atoms with Gasteiger partial charge in [-0.1, -0.05) is 12.1 Å². The molecule has 0 aliphatic heterocycles. The van der Waals surface area contributed by atoms with Gasteiger partial charge in [0.1, 0.15) is 0 Å². The molecule has 1 aromatic heterocycles. The first-order valence-electron chi connectivity index (χ1n) is 6.44. The maximum atomic E-state index is 11.5. The highest BCUT2D eigenvalue weighted by molar-refractivity contribution is 5.74. The van der Waals surface area contributed by atoms with Crippen molar-refractivity contribution in [2.24, 2.45) is 0 Å². The molecule has 1 aliphatic carbocycles. The molecule has 1 fully saturated rings. The van der Waals surface area contributed by atoms with Gasteiger partial charge in [-0.15, -0.1) is 0 Å². The minimum atomic E-state index is -0.0846. The summed E-state index contributed by atoms with van der Waals surface area (Å²) in [7, 11) is 0. The smallest absolute Gasteiger partial charge is 0.315 e. The van der Waals surface area contributed by atoms with Crippen molar-refractivity contribution in [2.45, 2.75) is 25.4 Å². The molecule has 0 unspecified atom stereocenters. The molecule has 2 aromatic rings. The van der Waals surface area contributed by atoms with Gasteiger partial charge in [0.25, 0.3) is 0 Å². The Kier molecular flexibility index (Phi) is 3.18. The summed E-state index contributed by atoms with van der Waals surface area (Å²) in [4.78, 5) is 11.5. The van der Waals surface area contributed by atoms with Crippen LogP contribution in [0.3, 0.4) is 0 Å². The molecule has 5 nitrogen and oxygen atoms in total. The molecule has 0 atom stereocenters. The average molecular weight is 256 g/mol. The van der Waals surface area contributed by atoms with Gasteiger partial charge in [0.05, 0.1) is 5.69 Å². The number of hydrogen-bond acceptors (Lipinski definition) is 2. The number of carbonyl (C=O) groups excluding carboxylic acids is 1. The summed E-state index contributed by atoms with van der Waals surface area (Å²) in [5.41, 5.74) is 2.08. The molecule has 2 N–H and O–H groups in total. The third-order valence-corrected chi connectivity index (χ3v) is 3.07. The number of nitrogens with one attached hydrogen (secondary N) is 2. The molecule has 1 aliphatic rings. The highest BCUT2D eigenvalue weighted by Crippen LogP contribution is 2.18. The van der Waals surface area contributed by atoms with E-state index in [2.05, 4.69) is 15.7 Å². The molecule has 0 radical (unpaired) electrons. The predicted octanol–water partition coefficient (Wildman–Crippen LogP) is 1.83. The molecule has 5 heteroatoms. The van der Waals surface area contributed by atoms with Crippen LogP contribution in [0.5, 0.6) is 0 Å². The molecule has 19 heavy (non-hydrogen) atoms. The number of amides is 2. The van der Waals surface area contributed by atoms with E-state index in [1.54, 1.807) is 10.9 Å². The first kappa shape index (κ1) is 11.8. The van der Waals surface area contributed by atoms with Gasteiger partial charge in [0.15, 0.2) is 0 Å². The number of nitrogens with zero attached hydrogens (tertiary/aromatic N) is 2. The number of carbonyl (C=O) groups is 1. The normalized spacial score (nSPS) is 14.1. The fraction of sp³-hybridized carbons (Fsp3) is 0.286. The SMILES string of the molecule is O=C(NCc1ccc(-n2cccn2)cc1)NC1CC1. The quantitative estimate of drug-likeness (QED) is 0.876. The Hall–Kier alpha value is -2.30. The van der Waals surface area contributed by atoms with E-state index >= 15 is 0 Å². The summed E-state index contributed by atoms with van der Waals surface area (Å²) in [5.74, 6) is 0. The molecule has 1 saturated carbocycles. The molecular weight excluding hydrogens is 240 g/mol. The lowest BCUT2D eigenvalue weighted by molar-refractivity contribution is 0.240. The topological polar surface area (TPSA) is 59.0 Å². The zero-order chi connectivity index (χ0) is 13.1. The third kappa shape index (κ3) is 3.13. The van der Waals surface area contributed by atoms with E-state index in [0.717, 1.165) is 24.1 Å². The molecule has 0 bridgehead atoms. The summed E-state index contributed by atoms with van der Waals surface area (Å²) in [5, 5.41) is 9.91. The lowest BCUT2D eigenvalue weighted by Gasteiger charge is -2.07. The third-order valence-electron chi connectivity index (χ3n) is 3.07. The number of benzene rings is 1. The maximum Gasteiger partial charge on any atom is 0.315 e. The van der Waals surface area contributed by atoms with E-state index in [0.29, 0.717) is 12.6 Å². The number of urea groups is 1. The highest BCUT2D eigenvalue weighted by Gasteiger charge is 2.22. The summed E-state index contributed by atoms with van der Waals surface area (Å²) in [6.07, 6.45) is 5.85. The molecule has 3 rings (SSSR count). The van der Waals surface area contributed by atoms with Gasteiger partial charge in [0.2, 0.25) is 0 Å². The van der Waals surface area contributed by atoms with Gasteiger partial charge >= 0.3 is 6.03 Å². The van der Waals surface area contributed by atoms with Crippen molar-refractivity contribution < 1.29 is 4.79 Å². The van der Waals surface area contributed by atoms with Crippen molar-refractivity contribution in [3.05, 3.63) is 48.3 Å². The van der Waals surface area contributed by atoms with Crippen LogP contribution in [-0.4, -0.2) is 21.9 Å². The number of rotatable bonds is 4. The van der Waals surface area contributed by atoms with Crippen LogP contribution in [0.4, 0.5) is 4.79 Å². The van der Waals surface area contributed by atoms with Crippen molar-refractivity contribution in [3.8, 4) is 5.69 Å². The Morgan fingerprint density at radius 3 is 2.74 bits per heavy atom. The van der Waals surface area contributed by atoms with Crippen molar-refractivity contribution in [3.63, 3.8) is 0 Å². The number of hydrogen-bond donors (Lipinski definition) is 2. The Morgan fingerprint density at radius 1 is 1.32 bits per heavy atom. The van der Waals surface area contributed by atoms with E-state index in [-0.39, 0.29) is 6.03 Å². The predicted molar refractivity (Wildman–Crippen MR) is 72.0 cm³/mol. The van der Waals surface area contributed by atoms with Gasteiger partial charge in [-0.3, -0.25) is 0 Å². The highest BCUT2D eigenvalue weighted by atomic mass is 16.2. The first-order chi connectivity index (χ1) is 9.31. The van der Waals surface area contributed by atoms with Crippen LogP contribution >= 0.6 is 0 Å². The van der Waals surface area contributed by atoms with E-state index in [1.165, 1.54) is 0 Å². The minimum absolute atomic E-state index is 0.0846. The molecule has 0 saturated heterocycles. The summed E-state index contributed by atoms with van der Waals surface area (Å²) in [6, 6.07) is 10.2.